The van der Waals surface area contributed by atoms with Gasteiger partial charge in [-0.1, -0.05) is 18.7 Å². The van der Waals surface area contributed by atoms with E-state index in [1.807, 2.05) is 18.2 Å². The number of rotatable bonds is 4. The van der Waals surface area contributed by atoms with Crippen molar-refractivity contribution in [3.05, 3.63) is 75.0 Å². The number of aromatic amines is 1. The molecule has 1 aromatic heterocycles. The molecule has 3 aromatic rings. The normalized spacial score (nSPS) is 12.3. The van der Waals surface area contributed by atoms with Crippen LogP contribution in [0.15, 0.2) is 58.2 Å². The molecular formula is C18H17N3O4S. The molecule has 0 fully saturated rings. The summed E-state index contributed by atoms with van der Waals surface area (Å²) < 4.78 is 29.1. The maximum Gasteiger partial charge on any atom is 0.279 e. The summed E-state index contributed by atoms with van der Waals surface area (Å²) in [5.74, 6) is 0.679. The Morgan fingerprint density at radius 3 is 2.50 bits per heavy atom. The fraction of sp³-hybridized carbons (Fsp3) is 0.0556. The van der Waals surface area contributed by atoms with Gasteiger partial charge in [-0.2, -0.15) is 0 Å². The summed E-state index contributed by atoms with van der Waals surface area (Å²) in [4.78, 5) is 12.7. The van der Waals surface area contributed by atoms with E-state index < -0.39 is 10.0 Å². The number of hydrogen-bond donors (Lipinski definition) is 2. The molecule has 8 heteroatoms. The van der Waals surface area contributed by atoms with E-state index in [1.165, 1.54) is 28.9 Å². The molecule has 0 atom stereocenters. The van der Waals surface area contributed by atoms with Crippen LogP contribution in [0.25, 0.3) is 18.3 Å². The van der Waals surface area contributed by atoms with Crippen LogP contribution < -0.4 is 26.0 Å². The lowest BCUT2D eigenvalue weighted by atomic mass is 10.2. The van der Waals surface area contributed by atoms with Gasteiger partial charge in [0, 0.05) is 0 Å². The zero-order chi connectivity index (χ0) is 18.9. The van der Waals surface area contributed by atoms with E-state index in [2.05, 4.69) is 11.7 Å². The molecule has 1 heterocycles. The van der Waals surface area contributed by atoms with Gasteiger partial charge in [0.25, 0.3) is 5.56 Å². The number of H-pyrrole nitrogens is 1. The zero-order valence-corrected chi connectivity index (χ0v) is 14.8. The summed E-state index contributed by atoms with van der Waals surface area (Å²) in [7, 11) is -2.22. The lowest BCUT2D eigenvalue weighted by molar-refractivity contribution is 0.414. The van der Waals surface area contributed by atoms with Crippen LogP contribution in [-0.4, -0.2) is 25.3 Å². The third-order valence-corrected chi connectivity index (χ3v) is 4.76. The number of primary sulfonamides is 1. The molecule has 0 aliphatic carbocycles. The van der Waals surface area contributed by atoms with E-state index >= 15 is 0 Å². The maximum atomic E-state index is 12.7. The van der Waals surface area contributed by atoms with Crippen LogP contribution >= 0.6 is 0 Å². The van der Waals surface area contributed by atoms with Crippen molar-refractivity contribution in [2.24, 2.45) is 5.14 Å². The molecule has 0 amide bonds. The predicted molar refractivity (Wildman–Crippen MR) is 99.1 cm³/mol. The smallest absolute Gasteiger partial charge is 0.279 e. The number of sulfonamides is 1. The minimum atomic E-state index is -3.79. The Kier molecular flexibility index (Phi) is 4.54. The molecule has 0 bridgehead atoms. The summed E-state index contributed by atoms with van der Waals surface area (Å²) in [5, 5.41) is 8.81. The average Bonchev–Trinajstić information content (AvgIpc) is 2.89. The summed E-state index contributed by atoms with van der Waals surface area (Å²) >= 11 is 0. The first-order chi connectivity index (χ1) is 12.3. The van der Waals surface area contributed by atoms with Crippen molar-refractivity contribution in [1.82, 2.24) is 9.78 Å². The van der Waals surface area contributed by atoms with E-state index in [0.29, 0.717) is 22.0 Å². The molecule has 0 aliphatic rings. The van der Waals surface area contributed by atoms with Crippen molar-refractivity contribution in [1.29, 1.82) is 0 Å². The van der Waals surface area contributed by atoms with Crippen LogP contribution in [0.3, 0.4) is 0 Å². The number of methoxy groups -OCH3 is 1. The van der Waals surface area contributed by atoms with E-state index in [9.17, 15) is 13.2 Å². The molecule has 7 nitrogen and oxygen atoms in total. The second-order valence-corrected chi connectivity index (χ2v) is 7.17. The first-order valence-electron chi connectivity index (χ1n) is 7.58. The van der Waals surface area contributed by atoms with Gasteiger partial charge in [0.1, 0.15) is 5.75 Å². The van der Waals surface area contributed by atoms with Crippen LogP contribution in [0.2, 0.25) is 0 Å². The number of nitrogens with one attached hydrogen (secondary N) is 1. The van der Waals surface area contributed by atoms with Crippen molar-refractivity contribution in [2.75, 3.05) is 7.11 Å². The van der Waals surface area contributed by atoms with Crippen LogP contribution in [-0.2, 0) is 10.0 Å². The van der Waals surface area contributed by atoms with Gasteiger partial charge < -0.3 is 4.74 Å². The number of ether oxygens (including phenoxy) is 1. The van der Waals surface area contributed by atoms with Crippen molar-refractivity contribution in [2.45, 2.75) is 4.90 Å². The van der Waals surface area contributed by atoms with Gasteiger partial charge in [0.15, 0.2) is 0 Å². The van der Waals surface area contributed by atoms with Gasteiger partial charge in [-0.3, -0.25) is 9.89 Å². The predicted octanol–water partition coefficient (Wildman–Crippen LogP) is 0.0607. The fourth-order valence-corrected chi connectivity index (χ4v) is 3.02. The number of nitrogens with two attached hydrogens (primary N) is 1. The number of aromatic nitrogens is 2. The topological polar surface area (TPSA) is 107 Å². The molecule has 0 saturated carbocycles. The molecule has 2 aromatic carbocycles. The zero-order valence-electron chi connectivity index (χ0n) is 14.0. The number of benzene rings is 2. The molecule has 0 saturated heterocycles. The van der Waals surface area contributed by atoms with E-state index in [0.717, 1.165) is 5.56 Å². The Morgan fingerprint density at radius 1 is 1.19 bits per heavy atom. The molecule has 3 N–H and O–H groups in total. The Morgan fingerprint density at radius 2 is 1.88 bits per heavy atom. The van der Waals surface area contributed by atoms with Crippen molar-refractivity contribution in [3.8, 4) is 11.4 Å². The molecule has 0 spiro atoms. The maximum absolute atomic E-state index is 12.7. The SMILES string of the molecule is C=c1[nH]n(-c2ccc(S(N)(=O)=O)cc2)c(=O)/c1=C\c1cccc(OC)c1. The molecule has 0 aliphatic heterocycles. The van der Waals surface area contributed by atoms with E-state index in [1.54, 1.807) is 19.3 Å². The lowest BCUT2D eigenvalue weighted by Crippen LogP contribution is -2.33. The monoisotopic (exact) mass is 371 g/mol. The second-order valence-electron chi connectivity index (χ2n) is 5.60. The highest BCUT2D eigenvalue weighted by molar-refractivity contribution is 7.89. The Hall–Kier alpha value is -3.10. The standard InChI is InChI=1S/C18H17N3O4S/c1-12-17(11-13-4-3-5-15(10-13)25-2)18(22)21(20-12)14-6-8-16(9-7-14)26(19,23)24/h3-11,20H,1H2,2H3,(H2,19,23,24)/b17-11-. The van der Waals surface area contributed by atoms with Gasteiger partial charge in [0.05, 0.1) is 28.3 Å². The Bertz CT molecular complexity index is 1220. The first kappa shape index (κ1) is 17.7. The minimum absolute atomic E-state index is 0.0288. The summed E-state index contributed by atoms with van der Waals surface area (Å²) in [6.07, 6.45) is 1.71. The number of nitrogens with zero attached hydrogens (tertiary/aromatic N) is 1. The fourth-order valence-electron chi connectivity index (χ4n) is 2.51. The summed E-state index contributed by atoms with van der Waals surface area (Å²) in [5.41, 5.74) is 0.959. The van der Waals surface area contributed by atoms with Gasteiger partial charge in [-0.25, -0.2) is 18.2 Å². The van der Waals surface area contributed by atoms with E-state index in [4.69, 9.17) is 9.88 Å². The molecular weight excluding hydrogens is 354 g/mol. The first-order valence-corrected chi connectivity index (χ1v) is 9.13. The molecule has 0 unspecified atom stereocenters. The second kappa shape index (κ2) is 6.66. The number of hydrogen-bond acceptors (Lipinski definition) is 4. The largest absolute Gasteiger partial charge is 0.497 e. The van der Waals surface area contributed by atoms with Crippen LogP contribution in [0.1, 0.15) is 5.56 Å². The van der Waals surface area contributed by atoms with Crippen molar-refractivity contribution in [3.63, 3.8) is 0 Å². The van der Waals surface area contributed by atoms with E-state index in [-0.39, 0.29) is 10.5 Å². The minimum Gasteiger partial charge on any atom is -0.497 e. The van der Waals surface area contributed by atoms with Crippen LogP contribution in [0.4, 0.5) is 0 Å². The van der Waals surface area contributed by atoms with Crippen LogP contribution in [0.5, 0.6) is 5.75 Å². The van der Waals surface area contributed by atoms with Gasteiger partial charge >= 0.3 is 0 Å². The summed E-state index contributed by atoms with van der Waals surface area (Å²) in [6.45, 7) is 3.87. The molecule has 0 radical (unpaired) electrons. The van der Waals surface area contributed by atoms with Gasteiger partial charge in [-0.05, 0) is 48.0 Å². The Labute approximate surface area is 149 Å². The lowest BCUT2D eigenvalue weighted by Gasteiger charge is -2.02. The third-order valence-electron chi connectivity index (χ3n) is 3.83. The highest BCUT2D eigenvalue weighted by atomic mass is 32.2. The average molecular weight is 371 g/mol. The van der Waals surface area contributed by atoms with Gasteiger partial charge in [-0.15, -0.1) is 0 Å². The quantitative estimate of drug-likeness (QED) is 0.676. The molecule has 134 valence electrons. The summed E-state index contributed by atoms with van der Waals surface area (Å²) in [6, 6.07) is 12.9. The highest BCUT2D eigenvalue weighted by Gasteiger charge is 2.09. The van der Waals surface area contributed by atoms with Gasteiger partial charge in [0.2, 0.25) is 10.0 Å². The molecule has 26 heavy (non-hydrogen) atoms. The van der Waals surface area contributed by atoms with Crippen molar-refractivity contribution < 1.29 is 13.2 Å². The van der Waals surface area contributed by atoms with Crippen LogP contribution in [0, 0.1) is 0 Å². The third kappa shape index (κ3) is 3.46. The Balaban J connectivity index is 2.10. The highest BCUT2D eigenvalue weighted by Crippen LogP contribution is 2.12. The van der Waals surface area contributed by atoms with Crippen molar-refractivity contribution >= 4 is 22.7 Å². The molecule has 3 rings (SSSR count).